The number of pyridine rings is 1. The van der Waals surface area contributed by atoms with Gasteiger partial charge >= 0.3 is 7.12 Å². The highest BCUT2D eigenvalue weighted by atomic mass is 16.7. The molecule has 14 heavy (non-hydrogen) atoms. The summed E-state index contributed by atoms with van der Waals surface area (Å²) in [4.78, 5) is 4.01. The number of rotatable bonds is 2. The fraction of sp³-hybridized carbons (Fsp3) is 0.375. The molecule has 0 saturated carbocycles. The lowest BCUT2D eigenvalue weighted by atomic mass is 9.82. The van der Waals surface area contributed by atoms with Gasteiger partial charge in [-0.3, -0.25) is 4.98 Å². The lowest BCUT2D eigenvalue weighted by Gasteiger charge is -2.08. The van der Waals surface area contributed by atoms with Crippen LogP contribution in [0.4, 0.5) is 0 Å². The van der Waals surface area contributed by atoms with Crippen LogP contribution >= 0.6 is 0 Å². The molecule has 5 nitrogen and oxygen atoms in total. The van der Waals surface area contributed by atoms with Crippen LogP contribution in [0.5, 0.6) is 0 Å². The van der Waals surface area contributed by atoms with E-state index in [0.29, 0.717) is 24.4 Å². The van der Waals surface area contributed by atoms with Crippen molar-refractivity contribution >= 4 is 12.6 Å². The number of hydrogen-bond acceptors (Lipinski definition) is 5. The highest BCUT2D eigenvalue weighted by Gasteiger charge is 2.20. The van der Waals surface area contributed by atoms with Gasteiger partial charge in [-0.25, -0.2) is 0 Å². The zero-order valence-corrected chi connectivity index (χ0v) is 7.46. The Labute approximate surface area is 81.4 Å². The zero-order chi connectivity index (χ0) is 9.97. The van der Waals surface area contributed by atoms with Crippen molar-refractivity contribution in [1.29, 1.82) is 0 Å². The van der Waals surface area contributed by atoms with Gasteiger partial charge in [0.05, 0.1) is 18.9 Å². The molecule has 74 valence electrons. The molecule has 1 aromatic heterocycles. The van der Waals surface area contributed by atoms with E-state index in [1.165, 1.54) is 6.20 Å². The van der Waals surface area contributed by atoms with Crippen molar-refractivity contribution in [1.82, 2.24) is 4.98 Å². The van der Waals surface area contributed by atoms with Crippen LogP contribution in [0.2, 0.25) is 0 Å². The Morgan fingerprint density at radius 2 is 2.00 bits per heavy atom. The van der Waals surface area contributed by atoms with Crippen molar-refractivity contribution in [3.05, 3.63) is 24.0 Å². The van der Waals surface area contributed by atoms with Gasteiger partial charge < -0.3 is 19.5 Å². The number of nitrogens with zero attached hydrogens (tertiary/aromatic N) is 1. The first-order chi connectivity index (χ1) is 6.77. The molecule has 0 atom stereocenters. The van der Waals surface area contributed by atoms with Crippen LogP contribution in [0.1, 0.15) is 12.0 Å². The van der Waals surface area contributed by atoms with Crippen molar-refractivity contribution in [2.45, 2.75) is 6.29 Å². The van der Waals surface area contributed by atoms with Gasteiger partial charge in [-0.1, -0.05) is 6.07 Å². The summed E-state index contributed by atoms with van der Waals surface area (Å²) in [5.41, 5.74) is 0.999. The Balaban J connectivity index is 2.12. The molecule has 6 heteroatoms. The molecule has 0 radical (unpaired) electrons. The van der Waals surface area contributed by atoms with Crippen LogP contribution in [0.3, 0.4) is 0 Å². The van der Waals surface area contributed by atoms with Crippen molar-refractivity contribution in [2.24, 2.45) is 0 Å². The van der Waals surface area contributed by atoms with E-state index < -0.39 is 13.4 Å². The van der Waals surface area contributed by atoms with Crippen molar-refractivity contribution in [3.63, 3.8) is 0 Å². The molecule has 2 heterocycles. The standard InChI is InChI=1S/C8H10BNO4/c11-9(12)6-1-2-7(10-5-6)8-13-3-4-14-8/h1-2,5,8,11-12H,3-4H2. The molecule has 0 unspecified atom stereocenters. The Bertz CT molecular complexity index is 297. The van der Waals surface area contributed by atoms with Crippen molar-refractivity contribution in [2.75, 3.05) is 13.2 Å². The third-order valence-corrected chi connectivity index (χ3v) is 1.97. The van der Waals surface area contributed by atoms with Crippen LogP contribution in [0, 0.1) is 0 Å². The molecule has 0 spiro atoms. The van der Waals surface area contributed by atoms with Gasteiger partial charge in [0, 0.05) is 11.7 Å². The van der Waals surface area contributed by atoms with E-state index in [4.69, 9.17) is 19.5 Å². The summed E-state index contributed by atoms with van der Waals surface area (Å²) < 4.78 is 10.5. The average Bonchev–Trinajstić information content (AvgIpc) is 2.71. The van der Waals surface area contributed by atoms with Crippen LogP contribution in [-0.4, -0.2) is 35.4 Å². The summed E-state index contributed by atoms with van der Waals surface area (Å²) in [6, 6.07) is 3.24. The second-order valence-corrected chi connectivity index (χ2v) is 2.96. The average molecular weight is 195 g/mol. The lowest BCUT2D eigenvalue weighted by molar-refractivity contribution is -0.0472. The van der Waals surface area contributed by atoms with E-state index in [2.05, 4.69) is 4.98 Å². The third kappa shape index (κ3) is 1.93. The molecule has 1 aliphatic heterocycles. The summed E-state index contributed by atoms with van der Waals surface area (Å²) in [5, 5.41) is 17.7. The van der Waals surface area contributed by atoms with Gasteiger partial charge in [0.1, 0.15) is 0 Å². The van der Waals surface area contributed by atoms with Gasteiger partial charge in [0.2, 0.25) is 6.29 Å². The fourth-order valence-corrected chi connectivity index (χ4v) is 1.24. The molecular formula is C8H10BNO4. The molecule has 0 bridgehead atoms. The van der Waals surface area contributed by atoms with Gasteiger partial charge in [0.15, 0.2) is 0 Å². The van der Waals surface area contributed by atoms with Gasteiger partial charge in [0.25, 0.3) is 0 Å². The first kappa shape index (κ1) is 9.60. The summed E-state index contributed by atoms with van der Waals surface area (Å²) in [7, 11) is -1.48. The van der Waals surface area contributed by atoms with E-state index in [1.54, 1.807) is 12.1 Å². The van der Waals surface area contributed by atoms with Gasteiger partial charge in [-0.2, -0.15) is 0 Å². The van der Waals surface area contributed by atoms with Crippen LogP contribution in [-0.2, 0) is 9.47 Å². The van der Waals surface area contributed by atoms with Crippen LogP contribution in [0.25, 0.3) is 0 Å². The van der Waals surface area contributed by atoms with Crippen molar-refractivity contribution < 1.29 is 19.5 Å². The van der Waals surface area contributed by atoms with E-state index in [9.17, 15) is 0 Å². The highest BCUT2D eigenvalue weighted by Crippen LogP contribution is 2.19. The van der Waals surface area contributed by atoms with Crippen LogP contribution < -0.4 is 5.46 Å². The Morgan fingerprint density at radius 3 is 2.50 bits per heavy atom. The second kappa shape index (κ2) is 4.06. The zero-order valence-electron chi connectivity index (χ0n) is 7.46. The molecular weight excluding hydrogens is 185 g/mol. The molecule has 1 aromatic rings. The topological polar surface area (TPSA) is 71.8 Å². The Morgan fingerprint density at radius 1 is 1.29 bits per heavy atom. The predicted octanol–water partition coefficient (Wildman–Crippen LogP) is -1.19. The van der Waals surface area contributed by atoms with E-state index in [1.807, 2.05) is 0 Å². The SMILES string of the molecule is OB(O)c1ccc(C2OCCO2)nc1. The second-order valence-electron chi connectivity index (χ2n) is 2.96. The number of hydrogen-bond donors (Lipinski definition) is 2. The number of ether oxygens (including phenoxy) is 2. The maximum atomic E-state index is 8.83. The molecule has 0 amide bonds. The molecule has 1 fully saturated rings. The minimum atomic E-state index is -1.48. The maximum absolute atomic E-state index is 8.83. The first-order valence-electron chi connectivity index (χ1n) is 4.32. The Hall–Kier alpha value is -0.945. The quantitative estimate of drug-likeness (QED) is 0.580. The molecule has 1 aliphatic rings. The summed E-state index contributed by atoms with van der Waals surface area (Å²) in [6.07, 6.45) is 0.977. The van der Waals surface area contributed by atoms with E-state index >= 15 is 0 Å². The van der Waals surface area contributed by atoms with Gasteiger partial charge in [-0.05, 0) is 6.07 Å². The third-order valence-electron chi connectivity index (χ3n) is 1.97. The minimum Gasteiger partial charge on any atom is -0.423 e. The first-order valence-corrected chi connectivity index (χ1v) is 4.32. The maximum Gasteiger partial charge on any atom is 0.490 e. The lowest BCUT2D eigenvalue weighted by Crippen LogP contribution is -2.30. The molecule has 2 rings (SSSR count). The Kier molecular flexibility index (Phi) is 2.78. The molecule has 2 N–H and O–H groups in total. The summed E-state index contributed by atoms with van der Waals surface area (Å²) in [6.45, 7) is 1.13. The van der Waals surface area contributed by atoms with Gasteiger partial charge in [-0.15, -0.1) is 0 Å². The highest BCUT2D eigenvalue weighted by molar-refractivity contribution is 6.58. The van der Waals surface area contributed by atoms with E-state index in [-0.39, 0.29) is 0 Å². The molecule has 0 aliphatic carbocycles. The largest absolute Gasteiger partial charge is 0.490 e. The van der Waals surface area contributed by atoms with Crippen molar-refractivity contribution in [3.8, 4) is 0 Å². The fourth-order valence-electron chi connectivity index (χ4n) is 1.24. The molecule has 0 aromatic carbocycles. The smallest absolute Gasteiger partial charge is 0.423 e. The van der Waals surface area contributed by atoms with E-state index in [0.717, 1.165) is 0 Å². The summed E-state index contributed by atoms with van der Waals surface area (Å²) >= 11 is 0. The minimum absolute atomic E-state index is 0.353. The predicted molar refractivity (Wildman–Crippen MR) is 48.7 cm³/mol. The van der Waals surface area contributed by atoms with Crippen LogP contribution in [0.15, 0.2) is 18.3 Å². The molecule has 1 saturated heterocycles. The number of aromatic nitrogens is 1. The summed E-state index contributed by atoms with van der Waals surface area (Å²) in [5.74, 6) is 0. The normalized spacial score (nSPS) is 17.3. The monoisotopic (exact) mass is 195 g/mol.